The molecule has 0 unspecified atom stereocenters. The molecule has 0 radical (unpaired) electrons. The van der Waals surface area contributed by atoms with Gasteiger partial charge >= 0.3 is 0 Å². The van der Waals surface area contributed by atoms with E-state index in [1.807, 2.05) is 0 Å². The zero-order chi connectivity index (χ0) is 22.3. The summed E-state index contributed by atoms with van der Waals surface area (Å²) >= 11 is 0. The molecular formula is C27H44N2O3. The standard InChI is InChI=1S/C27H44N2O3/c1-19(28-32-17-14-29-12-15-31-16-13-29)23-6-7-24-22-5-4-20-18-21(30)8-10-26(20,2)25(22)9-11-27(23,24)3/h4,21-25,30H,5-18H2,1-3H3/b28-19+/t21-,22-,23+,24-,25-,26-,27+/m0/s1. The van der Waals surface area contributed by atoms with Gasteiger partial charge in [-0.25, -0.2) is 0 Å². The summed E-state index contributed by atoms with van der Waals surface area (Å²) < 4.78 is 5.43. The predicted molar refractivity (Wildman–Crippen MR) is 128 cm³/mol. The molecule has 0 spiro atoms. The van der Waals surface area contributed by atoms with Crippen LogP contribution in [-0.2, 0) is 9.57 Å². The summed E-state index contributed by atoms with van der Waals surface area (Å²) in [6, 6.07) is 0. The molecule has 5 heteroatoms. The highest BCUT2D eigenvalue weighted by molar-refractivity contribution is 5.85. The van der Waals surface area contributed by atoms with Gasteiger partial charge in [0.15, 0.2) is 0 Å². The van der Waals surface area contributed by atoms with Gasteiger partial charge < -0.3 is 14.7 Å². The molecule has 5 aliphatic rings. The molecule has 0 bridgehead atoms. The molecule has 0 aromatic carbocycles. The van der Waals surface area contributed by atoms with Crippen molar-refractivity contribution in [2.24, 2.45) is 39.7 Å². The number of morpholine rings is 1. The first-order valence-electron chi connectivity index (χ1n) is 13.3. The highest BCUT2D eigenvalue weighted by Gasteiger charge is 2.59. The zero-order valence-electron chi connectivity index (χ0n) is 20.5. The third kappa shape index (κ3) is 3.96. The Morgan fingerprint density at radius 1 is 1.16 bits per heavy atom. The van der Waals surface area contributed by atoms with Gasteiger partial charge in [0.2, 0.25) is 0 Å². The number of aliphatic hydroxyl groups excluding tert-OH is 1. The van der Waals surface area contributed by atoms with Gasteiger partial charge in [0, 0.05) is 25.6 Å². The van der Waals surface area contributed by atoms with Gasteiger partial charge in [-0.1, -0.05) is 30.7 Å². The normalized spacial score (nSPS) is 44.9. The number of hydrogen-bond acceptors (Lipinski definition) is 5. The number of ether oxygens (including phenoxy) is 1. The van der Waals surface area contributed by atoms with Crippen molar-refractivity contribution in [2.45, 2.75) is 78.2 Å². The average molecular weight is 445 g/mol. The van der Waals surface area contributed by atoms with Crippen LogP contribution >= 0.6 is 0 Å². The van der Waals surface area contributed by atoms with Crippen LogP contribution in [-0.4, -0.2) is 61.3 Å². The molecule has 1 aliphatic heterocycles. The Kier molecular flexibility index (Phi) is 6.45. The van der Waals surface area contributed by atoms with Crippen molar-refractivity contribution in [3.63, 3.8) is 0 Å². The number of hydrogen-bond donors (Lipinski definition) is 1. The molecule has 0 aromatic rings. The Bertz CT molecular complexity index is 745. The van der Waals surface area contributed by atoms with E-state index in [4.69, 9.17) is 9.57 Å². The van der Waals surface area contributed by atoms with Gasteiger partial charge in [-0.15, -0.1) is 0 Å². The molecule has 4 fully saturated rings. The van der Waals surface area contributed by atoms with E-state index in [0.717, 1.165) is 63.4 Å². The third-order valence-electron chi connectivity index (χ3n) is 10.4. The van der Waals surface area contributed by atoms with Crippen molar-refractivity contribution in [1.29, 1.82) is 0 Å². The highest BCUT2D eigenvalue weighted by atomic mass is 16.6. The zero-order valence-corrected chi connectivity index (χ0v) is 20.5. The highest BCUT2D eigenvalue weighted by Crippen LogP contribution is 2.66. The summed E-state index contributed by atoms with van der Waals surface area (Å²) in [7, 11) is 0. The molecule has 0 amide bonds. The Balaban J connectivity index is 1.23. The summed E-state index contributed by atoms with van der Waals surface area (Å²) in [6.07, 6.45) is 12.0. The number of nitrogens with zero attached hydrogens (tertiary/aromatic N) is 2. The van der Waals surface area contributed by atoms with Crippen molar-refractivity contribution in [3.05, 3.63) is 11.6 Å². The first-order valence-corrected chi connectivity index (χ1v) is 13.3. The smallest absolute Gasteiger partial charge is 0.129 e. The van der Waals surface area contributed by atoms with Crippen LogP contribution in [0.1, 0.15) is 72.1 Å². The Labute approximate surface area is 194 Å². The topological polar surface area (TPSA) is 54.3 Å². The maximum Gasteiger partial charge on any atom is 0.129 e. The first kappa shape index (κ1) is 22.9. The fourth-order valence-electron chi connectivity index (χ4n) is 8.53. The van der Waals surface area contributed by atoms with Gasteiger partial charge in [0.1, 0.15) is 6.61 Å². The molecule has 5 nitrogen and oxygen atoms in total. The van der Waals surface area contributed by atoms with Crippen LogP contribution in [0.5, 0.6) is 0 Å². The molecule has 32 heavy (non-hydrogen) atoms. The second kappa shape index (κ2) is 9.03. The fourth-order valence-corrected chi connectivity index (χ4v) is 8.53. The molecule has 1 N–H and O–H groups in total. The lowest BCUT2D eigenvalue weighted by Crippen LogP contribution is -2.50. The second-order valence-electron chi connectivity index (χ2n) is 11.9. The van der Waals surface area contributed by atoms with Gasteiger partial charge in [0.25, 0.3) is 0 Å². The van der Waals surface area contributed by atoms with Crippen LogP contribution in [0.2, 0.25) is 0 Å². The largest absolute Gasteiger partial charge is 0.394 e. The maximum absolute atomic E-state index is 10.2. The van der Waals surface area contributed by atoms with Crippen molar-refractivity contribution >= 4 is 5.71 Å². The van der Waals surface area contributed by atoms with E-state index in [2.05, 4.69) is 36.9 Å². The van der Waals surface area contributed by atoms with Crippen molar-refractivity contribution in [3.8, 4) is 0 Å². The van der Waals surface area contributed by atoms with Crippen LogP contribution in [0.15, 0.2) is 16.8 Å². The number of oxime groups is 1. The van der Waals surface area contributed by atoms with Gasteiger partial charge in [0.05, 0.1) is 25.0 Å². The monoisotopic (exact) mass is 444 g/mol. The Morgan fingerprint density at radius 2 is 1.97 bits per heavy atom. The van der Waals surface area contributed by atoms with E-state index in [-0.39, 0.29) is 6.10 Å². The number of allylic oxidation sites excluding steroid dienone is 1. The second-order valence-corrected chi connectivity index (χ2v) is 11.9. The van der Waals surface area contributed by atoms with E-state index in [9.17, 15) is 5.11 Å². The fraction of sp³-hybridized carbons (Fsp3) is 0.889. The van der Waals surface area contributed by atoms with E-state index in [1.54, 1.807) is 5.57 Å². The van der Waals surface area contributed by atoms with E-state index >= 15 is 0 Å². The minimum absolute atomic E-state index is 0.113. The molecule has 7 atom stereocenters. The summed E-state index contributed by atoms with van der Waals surface area (Å²) in [5, 5.41) is 14.9. The van der Waals surface area contributed by atoms with Crippen LogP contribution in [0.4, 0.5) is 0 Å². The number of aliphatic hydroxyl groups is 1. The van der Waals surface area contributed by atoms with Gasteiger partial charge in [-0.2, -0.15) is 0 Å². The maximum atomic E-state index is 10.2. The SMILES string of the molecule is C/C(=N\OCCN1CCOCC1)[C@H]1CC[C@H]2[C@@H]3CC=C4C[C@@H](O)CC[C@]4(C)[C@H]3CC[C@]12C. The lowest BCUT2D eigenvalue weighted by Gasteiger charge is -2.58. The van der Waals surface area contributed by atoms with Crippen molar-refractivity contribution < 1.29 is 14.7 Å². The molecule has 1 heterocycles. The summed E-state index contributed by atoms with van der Waals surface area (Å²) in [5.74, 6) is 2.96. The van der Waals surface area contributed by atoms with Crippen molar-refractivity contribution in [2.75, 3.05) is 39.5 Å². The van der Waals surface area contributed by atoms with Crippen LogP contribution in [0.25, 0.3) is 0 Å². The minimum Gasteiger partial charge on any atom is -0.394 e. The third-order valence-corrected chi connectivity index (χ3v) is 10.4. The summed E-state index contributed by atoms with van der Waals surface area (Å²) in [5.41, 5.74) is 3.47. The van der Waals surface area contributed by atoms with Crippen LogP contribution in [0.3, 0.4) is 0 Å². The molecule has 1 saturated heterocycles. The van der Waals surface area contributed by atoms with Crippen LogP contribution in [0, 0.1) is 34.5 Å². The Morgan fingerprint density at radius 3 is 2.78 bits per heavy atom. The van der Waals surface area contributed by atoms with Gasteiger partial charge in [-0.3, -0.25) is 4.90 Å². The lowest BCUT2D eigenvalue weighted by molar-refractivity contribution is -0.0427. The molecule has 180 valence electrons. The van der Waals surface area contributed by atoms with E-state index in [0.29, 0.717) is 23.4 Å². The predicted octanol–water partition coefficient (Wildman–Crippen LogP) is 4.65. The first-order chi connectivity index (χ1) is 15.4. The summed E-state index contributed by atoms with van der Waals surface area (Å²) in [4.78, 5) is 8.21. The van der Waals surface area contributed by atoms with E-state index in [1.165, 1.54) is 44.2 Å². The van der Waals surface area contributed by atoms with Crippen LogP contribution < -0.4 is 0 Å². The number of rotatable bonds is 5. The molecule has 0 aromatic heterocycles. The summed E-state index contributed by atoms with van der Waals surface area (Å²) in [6.45, 7) is 12.6. The van der Waals surface area contributed by atoms with Gasteiger partial charge in [-0.05, 0) is 86.9 Å². The lowest BCUT2D eigenvalue weighted by atomic mass is 9.47. The molecule has 3 saturated carbocycles. The molecular weight excluding hydrogens is 400 g/mol. The minimum atomic E-state index is -0.113. The van der Waals surface area contributed by atoms with E-state index < -0.39 is 0 Å². The van der Waals surface area contributed by atoms with Crippen molar-refractivity contribution in [1.82, 2.24) is 4.90 Å². The Hall–Kier alpha value is -0.910. The quantitative estimate of drug-likeness (QED) is 0.290. The molecule has 4 aliphatic carbocycles. The molecule has 5 rings (SSSR count). The number of fused-ring (bicyclic) bond motifs is 5. The average Bonchev–Trinajstić information content (AvgIpc) is 3.15.